The monoisotopic (exact) mass is 248 g/mol. The van der Waals surface area contributed by atoms with Gasteiger partial charge in [0, 0.05) is 13.2 Å². The minimum atomic E-state index is -2.81. The van der Waals surface area contributed by atoms with Crippen LogP contribution in [0, 0.1) is 11.8 Å². The zero-order chi connectivity index (χ0) is 11.6. The van der Waals surface area contributed by atoms with Crippen molar-refractivity contribution in [3.05, 3.63) is 0 Å². The van der Waals surface area contributed by atoms with E-state index in [1.807, 2.05) is 0 Å². The fourth-order valence-electron chi connectivity index (χ4n) is 2.69. The van der Waals surface area contributed by atoms with Crippen LogP contribution in [-0.4, -0.2) is 44.3 Å². The van der Waals surface area contributed by atoms with Crippen molar-refractivity contribution in [1.29, 1.82) is 0 Å². The van der Waals surface area contributed by atoms with E-state index in [9.17, 15) is 13.5 Å². The van der Waals surface area contributed by atoms with Crippen LogP contribution in [0.5, 0.6) is 0 Å². The van der Waals surface area contributed by atoms with Crippen molar-refractivity contribution in [3.8, 4) is 0 Å². The number of hydrogen-bond acceptors (Lipinski definition) is 4. The number of hydrogen-bond donors (Lipinski definition) is 1. The van der Waals surface area contributed by atoms with Crippen LogP contribution in [0.15, 0.2) is 0 Å². The van der Waals surface area contributed by atoms with Crippen LogP contribution in [0.3, 0.4) is 0 Å². The average Bonchev–Trinajstić information content (AvgIpc) is 2.59. The topological polar surface area (TPSA) is 63.6 Å². The van der Waals surface area contributed by atoms with E-state index < -0.39 is 9.84 Å². The van der Waals surface area contributed by atoms with Crippen molar-refractivity contribution < 1.29 is 18.3 Å². The highest BCUT2D eigenvalue weighted by molar-refractivity contribution is 7.91. The molecule has 2 rings (SSSR count). The van der Waals surface area contributed by atoms with Crippen molar-refractivity contribution in [2.24, 2.45) is 11.8 Å². The first-order valence-electron chi connectivity index (χ1n) is 6.03. The summed E-state index contributed by atoms with van der Waals surface area (Å²) in [6.45, 7) is 1.45. The van der Waals surface area contributed by atoms with E-state index in [1.54, 1.807) is 0 Å². The summed E-state index contributed by atoms with van der Waals surface area (Å²) >= 11 is 0. The number of sulfone groups is 1. The maximum Gasteiger partial charge on any atom is 0.150 e. The highest BCUT2D eigenvalue weighted by Crippen LogP contribution is 2.28. The molecule has 0 radical (unpaired) electrons. The average molecular weight is 248 g/mol. The van der Waals surface area contributed by atoms with Gasteiger partial charge in [0.1, 0.15) is 0 Å². The molecule has 2 aliphatic rings. The minimum Gasteiger partial charge on any atom is -0.393 e. The lowest BCUT2D eigenvalue weighted by Gasteiger charge is -2.28. The first-order valence-corrected chi connectivity index (χ1v) is 7.85. The lowest BCUT2D eigenvalue weighted by Crippen LogP contribution is -2.29. The van der Waals surface area contributed by atoms with E-state index >= 15 is 0 Å². The van der Waals surface area contributed by atoms with E-state index in [0.29, 0.717) is 18.1 Å². The quantitative estimate of drug-likeness (QED) is 0.794. The maximum absolute atomic E-state index is 11.3. The third kappa shape index (κ3) is 3.18. The Morgan fingerprint density at radius 1 is 1.25 bits per heavy atom. The molecule has 0 bridgehead atoms. The Kier molecular flexibility index (Phi) is 3.87. The summed E-state index contributed by atoms with van der Waals surface area (Å²) in [5, 5.41) is 10.1. The van der Waals surface area contributed by atoms with Gasteiger partial charge in [-0.1, -0.05) is 0 Å². The Hall–Kier alpha value is -0.130. The summed E-state index contributed by atoms with van der Waals surface area (Å²) in [6, 6.07) is 0. The molecular weight excluding hydrogens is 228 g/mol. The highest BCUT2D eigenvalue weighted by atomic mass is 32.2. The Morgan fingerprint density at radius 3 is 2.50 bits per heavy atom. The van der Waals surface area contributed by atoms with Crippen LogP contribution in [0.4, 0.5) is 0 Å². The normalized spacial score (nSPS) is 32.7. The molecule has 2 unspecified atom stereocenters. The van der Waals surface area contributed by atoms with E-state index in [4.69, 9.17) is 4.74 Å². The van der Waals surface area contributed by atoms with Crippen molar-refractivity contribution in [1.82, 2.24) is 0 Å². The summed E-state index contributed by atoms with van der Waals surface area (Å²) < 4.78 is 27.8. The van der Waals surface area contributed by atoms with Crippen molar-refractivity contribution in [2.75, 3.05) is 24.7 Å². The van der Waals surface area contributed by atoms with Crippen LogP contribution in [0.25, 0.3) is 0 Å². The van der Waals surface area contributed by atoms with Gasteiger partial charge in [-0.05, 0) is 37.5 Å². The molecule has 2 heterocycles. The highest BCUT2D eigenvalue weighted by Gasteiger charge is 2.32. The molecule has 2 atom stereocenters. The van der Waals surface area contributed by atoms with Gasteiger partial charge in [0.05, 0.1) is 17.6 Å². The van der Waals surface area contributed by atoms with Crippen LogP contribution in [0.2, 0.25) is 0 Å². The molecule has 2 aliphatic heterocycles. The molecule has 1 N–H and O–H groups in total. The second-order valence-electron chi connectivity index (χ2n) is 5.02. The zero-order valence-corrected chi connectivity index (χ0v) is 10.3. The fourth-order valence-corrected chi connectivity index (χ4v) is 4.57. The zero-order valence-electron chi connectivity index (χ0n) is 9.47. The Balaban J connectivity index is 1.80. The summed E-state index contributed by atoms with van der Waals surface area (Å²) in [7, 11) is -2.81. The largest absolute Gasteiger partial charge is 0.393 e. The molecule has 0 aromatic heterocycles. The standard InChI is InChI=1S/C11H20O4S/c12-11(10-1-4-15-5-2-10)7-9-3-6-16(13,14)8-9/h9-12H,1-8H2. The molecular formula is C11H20O4S. The minimum absolute atomic E-state index is 0.169. The van der Waals surface area contributed by atoms with Crippen molar-refractivity contribution >= 4 is 9.84 Å². The van der Waals surface area contributed by atoms with E-state index in [1.165, 1.54) is 0 Å². The van der Waals surface area contributed by atoms with Crippen LogP contribution in [0.1, 0.15) is 25.7 Å². The first kappa shape index (κ1) is 12.3. The first-order chi connectivity index (χ1) is 7.57. The Bertz CT molecular complexity index is 319. The molecule has 5 heteroatoms. The SMILES string of the molecule is O=S1(=O)CCC(CC(O)C2CCOCC2)C1. The van der Waals surface area contributed by atoms with Crippen molar-refractivity contribution in [3.63, 3.8) is 0 Å². The fraction of sp³-hybridized carbons (Fsp3) is 1.00. The molecule has 0 amide bonds. The Morgan fingerprint density at radius 2 is 1.94 bits per heavy atom. The lowest BCUT2D eigenvalue weighted by atomic mass is 9.87. The van der Waals surface area contributed by atoms with Crippen LogP contribution >= 0.6 is 0 Å². The van der Waals surface area contributed by atoms with Gasteiger partial charge in [-0.25, -0.2) is 8.42 Å². The lowest BCUT2D eigenvalue weighted by molar-refractivity contribution is -0.0000404. The predicted octanol–water partition coefficient (Wildman–Crippen LogP) is 0.599. The molecule has 0 aromatic carbocycles. The number of rotatable bonds is 3. The number of aliphatic hydroxyl groups excluding tert-OH is 1. The van der Waals surface area contributed by atoms with Gasteiger partial charge >= 0.3 is 0 Å². The molecule has 0 spiro atoms. The van der Waals surface area contributed by atoms with E-state index in [2.05, 4.69) is 0 Å². The van der Waals surface area contributed by atoms with E-state index in [-0.39, 0.29) is 17.8 Å². The van der Waals surface area contributed by atoms with Gasteiger partial charge in [0.25, 0.3) is 0 Å². The third-order valence-corrected chi connectivity index (χ3v) is 5.55. The second-order valence-corrected chi connectivity index (χ2v) is 7.25. The van der Waals surface area contributed by atoms with Gasteiger partial charge in [0.2, 0.25) is 0 Å². The smallest absolute Gasteiger partial charge is 0.150 e. The van der Waals surface area contributed by atoms with Gasteiger partial charge < -0.3 is 9.84 Å². The summed E-state index contributed by atoms with van der Waals surface area (Å²) in [6.07, 6.45) is 2.83. The molecule has 4 nitrogen and oxygen atoms in total. The van der Waals surface area contributed by atoms with Gasteiger partial charge in [-0.2, -0.15) is 0 Å². The number of aliphatic hydroxyl groups is 1. The van der Waals surface area contributed by atoms with Crippen LogP contribution in [-0.2, 0) is 14.6 Å². The third-order valence-electron chi connectivity index (χ3n) is 3.71. The van der Waals surface area contributed by atoms with Gasteiger partial charge in [-0.15, -0.1) is 0 Å². The van der Waals surface area contributed by atoms with Gasteiger partial charge in [0.15, 0.2) is 9.84 Å². The second kappa shape index (κ2) is 5.02. The maximum atomic E-state index is 11.3. The van der Waals surface area contributed by atoms with Crippen molar-refractivity contribution in [2.45, 2.75) is 31.8 Å². The summed E-state index contributed by atoms with van der Waals surface area (Å²) in [5.41, 5.74) is 0. The molecule has 2 fully saturated rings. The molecule has 94 valence electrons. The van der Waals surface area contributed by atoms with Gasteiger partial charge in [-0.3, -0.25) is 0 Å². The summed E-state index contributed by atoms with van der Waals surface area (Å²) in [4.78, 5) is 0. The number of ether oxygens (including phenoxy) is 1. The molecule has 0 aromatic rings. The predicted molar refractivity (Wildman–Crippen MR) is 60.9 cm³/mol. The molecule has 0 aliphatic carbocycles. The molecule has 2 saturated heterocycles. The Labute approximate surface area is 96.9 Å². The summed E-state index contributed by atoms with van der Waals surface area (Å²) in [5.74, 6) is 1.05. The molecule has 16 heavy (non-hydrogen) atoms. The van der Waals surface area contributed by atoms with Crippen LogP contribution < -0.4 is 0 Å². The molecule has 0 saturated carbocycles. The van der Waals surface area contributed by atoms with E-state index in [0.717, 1.165) is 32.5 Å².